The topological polar surface area (TPSA) is 82.4 Å². The molecule has 2 rings (SSSR count). The minimum absolute atomic E-state index is 0.192. The van der Waals surface area contributed by atoms with Crippen LogP contribution in [0.25, 0.3) is 0 Å². The standard InChI is InChI=1S/C15H27N5O3/c1-6-22-14(21)23-11(2)20-17-13(16-18-20)12-7-9-19(10-8-12)15(3,4)5/h11-12H,6-10H2,1-5H3/t11-/m0/s1. The number of piperidine rings is 1. The average Bonchev–Trinajstić information content (AvgIpc) is 2.96. The molecular weight excluding hydrogens is 298 g/mol. The Morgan fingerprint density at radius 2 is 2.00 bits per heavy atom. The van der Waals surface area contributed by atoms with Gasteiger partial charge in [0.25, 0.3) is 0 Å². The lowest BCUT2D eigenvalue weighted by molar-refractivity contribution is -0.00534. The van der Waals surface area contributed by atoms with Crippen molar-refractivity contribution in [3.63, 3.8) is 0 Å². The van der Waals surface area contributed by atoms with Gasteiger partial charge in [-0.3, -0.25) is 4.90 Å². The molecule has 1 saturated heterocycles. The first-order chi connectivity index (χ1) is 10.8. The third-order valence-electron chi connectivity index (χ3n) is 4.11. The van der Waals surface area contributed by atoms with Gasteiger partial charge in [-0.1, -0.05) is 0 Å². The molecule has 0 aromatic carbocycles. The number of likely N-dealkylation sites (tertiary alicyclic amines) is 1. The van der Waals surface area contributed by atoms with Crippen LogP contribution in [-0.2, 0) is 9.47 Å². The van der Waals surface area contributed by atoms with Gasteiger partial charge in [-0.25, -0.2) is 4.79 Å². The minimum atomic E-state index is -0.725. The van der Waals surface area contributed by atoms with Crippen molar-refractivity contribution >= 4 is 6.16 Å². The molecule has 130 valence electrons. The lowest BCUT2D eigenvalue weighted by Gasteiger charge is -2.40. The van der Waals surface area contributed by atoms with Gasteiger partial charge >= 0.3 is 6.16 Å². The van der Waals surface area contributed by atoms with Gasteiger partial charge in [0, 0.05) is 11.5 Å². The van der Waals surface area contributed by atoms with Crippen LogP contribution in [0.3, 0.4) is 0 Å². The molecule has 2 heterocycles. The quantitative estimate of drug-likeness (QED) is 0.786. The summed E-state index contributed by atoms with van der Waals surface area (Å²) in [5, 5.41) is 12.5. The van der Waals surface area contributed by atoms with E-state index in [1.54, 1.807) is 13.8 Å². The van der Waals surface area contributed by atoms with Crippen LogP contribution < -0.4 is 0 Å². The van der Waals surface area contributed by atoms with Crippen molar-refractivity contribution in [2.24, 2.45) is 0 Å². The van der Waals surface area contributed by atoms with Crippen LogP contribution in [0.4, 0.5) is 4.79 Å². The molecule has 1 aliphatic heterocycles. The van der Waals surface area contributed by atoms with Crippen LogP contribution in [0, 0.1) is 0 Å². The van der Waals surface area contributed by atoms with Gasteiger partial charge in [-0.15, -0.1) is 15.0 Å². The van der Waals surface area contributed by atoms with Crippen LogP contribution >= 0.6 is 0 Å². The zero-order valence-electron chi connectivity index (χ0n) is 14.7. The molecule has 0 radical (unpaired) electrons. The summed E-state index contributed by atoms with van der Waals surface area (Å²) in [5.41, 5.74) is 0.192. The van der Waals surface area contributed by atoms with Gasteiger partial charge in [0.05, 0.1) is 6.61 Å². The summed E-state index contributed by atoms with van der Waals surface area (Å²) in [6.45, 7) is 12.4. The summed E-state index contributed by atoms with van der Waals surface area (Å²) >= 11 is 0. The van der Waals surface area contributed by atoms with Crippen molar-refractivity contribution < 1.29 is 14.3 Å². The molecule has 1 aromatic rings. The minimum Gasteiger partial charge on any atom is -0.435 e. The molecule has 1 atom stereocenters. The number of nitrogens with zero attached hydrogens (tertiary/aromatic N) is 5. The van der Waals surface area contributed by atoms with E-state index >= 15 is 0 Å². The van der Waals surface area contributed by atoms with Crippen molar-refractivity contribution in [2.45, 2.75) is 65.1 Å². The van der Waals surface area contributed by atoms with Gasteiger partial charge in [-0.05, 0) is 65.8 Å². The predicted molar refractivity (Wildman–Crippen MR) is 83.9 cm³/mol. The smallest absolute Gasteiger partial charge is 0.435 e. The highest BCUT2D eigenvalue weighted by molar-refractivity contribution is 5.59. The molecule has 0 spiro atoms. The largest absolute Gasteiger partial charge is 0.510 e. The zero-order valence-corrected chi connectivity index (χ0v) is 14.7. The van der Waals surface area contributed by atoms with Crippen LogP contribution in [0.1, 0.15) is 65.4 Å². The molecule has 1 aromatic heterocycles. The Morgan fingerprint density at radius 3 is 2.57 bits per heavy atom. The first-order valence-corrected chi connectivity index (χ1v) is 8.19. The molecule has 23 heavy (non-hydrogen) atoms. The molecule has 0 amide bonds. The molecule has 0 N–H and O–H groups in total. The highest BCUT2D eigenvalue weighted by atomic mass is 16.7. The molecule has 8 heteroatoms. The maximum atomic E-state index is 11.3. The second kappa shape index (κ2) is 7.25. The monoisotopic (exact) mass is 325 g/mol. The molecule has 0 saturated carbocycles. The Morgan fingerprint density at radius 1 is 1.35 bits per heavy atom. The second-order valence-corrected chi connectivity index (χ2v) is 6.80. The van der Waals surface area contributed by atoms with Crippen LogP contribution in [0.2, 0.25) is 0 Å². The van der Waals surface area contributed by atoms with E-state index in [0.29, 0.717) is 5.92 Å². The molecule has 0 unspecified atom stereocenters. The summed E-state index contributed by atoms with van der Waals surface area (Å²) < 4.78 is 9.81. The van der Waals surface area contributed by atoms with Crippen LogP contribution in [0.15, 0.2) is 0 Å². The van der Waals surface area contributed by atoms with Gasteiger partial charge in [0.2, 0.25) is 6.23 Å². The Kier molecular flexibility index (Phi) is 5.56. The van der Waals surface area contributed by atoms with Crippen molar-refractivity contribution in [3.8, 4) is 0 Å². The fourth-order valence-electron chi connectivity index (χ4n) is 2.70. The van der Waals surface area contributed by atoms with E-state index in [1.807, 2.05) is 0 Å². The third kappa shape index (κ3) is 4.63. The Hall–Kier alpha value is -1.70. The van der Waals surface area contributed by atoms with Gasteiger partial charge in [0.15, 0.2) is 5.82 Å². The Bertz CT molecular complexity index is 517. The first-order valence-electron chi connectivity index (χ1n) is 8.19. The number of hydrogen-bond acceptors (Lipinski definition) is 7. The summed E-state index contributed by atoms with van der Waals surface area (Å²) in [7, 11) is 0. The molecular formula is C15H27N5O3. The summed E-state index contributed by atoms with van der Waals surface area (Å²) in [6.07, 6.45) is 0.661. The first kappa shape index (κ1) is 17.7. The number of aromatic nitrogens is 4. The number of ether oxygens (including phenoxy) is 2. The third-order valence-corrected chi connectivity index (χ3v) is 4.11. The normalized spacial score (nSPS) is 18.7. The number of carbonyl (C=O) groups is 1. The van der Waals surface area contributed by atoms with E-state index in [2.05, 4.69) is 41.1 Å². The van der Waals surface area contributed by atoms with Crippen LogP contribution in [-0.4, -0.2) is 56.5 Å². The summed E-state index contributed by atoms with van der Waals surface area (Å²) in [4.78, 5) is 15.1. The Balaban J connectivity index is 1.91. The fraction of sp³-hybridized carbons (Fsp3) is 0.867. The van der Waals surface area contributed by atoms with E-state index in [-0.39, 0.29) is 12.1 Å². The lowest BCUT2D eigenvalue weighted by atomic mass is 9.92. The summed E-state index contributed by atoms with van der Waals surface area (Å²) in [5.74, 6) is 1.02. The predicted octanol–water partition coefficient (Wildman–Crippen LogP) is 2.34. The highest BCUT2D eigenvalue weighted by Crippen LogP contribution is 2.29. The molecule has 0 bridgehead atoms. The Labute approximate surface area is 137 Å². The SMILES string of the molecule is CCOC(=O)O[C@@H](C)n1nnc(C2CCN(C(C)(C)C)CC2)n1. The summed E-state index contributed by atoms with van der Waals surface area (Å²) in [6, 6.07) is 0. The van der Waals surface area contributed by atoms with Crippen LogP contribution in [0.5, 0.6) is 0 Å². The lowest BCUT2D eigenvalue weighted by Crippen LogP contribution is -2.45. The van der Waals surface area contributed by atoms with E-state index < -0.39 is 12.4 Å². The molecule has 1 aliphatic rings. The molecule has 1 fully saturated rings. The number of carbonyl (C=O) groups excluding carboxylic acids is 1. The van der Waals surface area contributed by atoms with Crippen molar-refractivity contribution in [2.75, 3.05) is 19.7 Å². The van der Waals surface area contributed by atoms with E-state index in [4.69, 9.17) is 9.47 Å². The van der Waals surface area contributed by atoms with E-state index in [1.165, 1.54) is 4.80 Å². The number of tetrazole rings is 1. The van der Waals surface area contributed by atoms with Crippen molar-refractivity contribution in [1.29, 1.82) is 0 Å². The second-order valence-electron chi connectivity index (χ2n) is 6.80. The van der Waals surface area contributed by atoms with E-state index in [0.717, 1.165) is 31.8 Å². The maximum absolute atomic E-state index is 11.3. The van der Waals surface area contributed by atoms with Gasteiger partial charge < -0.3 is 9.47 Å². The average molecular weight is 325 g/mol. The fourth-order valence-corrected chi connectivity index (χ4v) is 2.70. The van der Waals surface area contributed by atoms with Gasteiger partial charge in [0.1, 0.15) is 0 Å². The highest BCUT2D eigenvalue weighted by Gasteiger charge is 2.30. The number of rotatable bonds is 4. The van der Waals surface area contributed by atoms with Crippen molar-refractivity contribution in [1.82, 2.24) is 25.1 Å². The zero-order chi connectivity index (χ0) is 17.0. The van der Waals surface area contributed by atoms with Gasteiger partial charge in [-0.2, -0.15) is 0 Å². The maximum Gasteiger partial charge on any atom is 0.510 e. The molecule has 0 aliphatic carbocycles. The van der Waals surface area contributed by atoms with E-state index in [9.17, 15) is 4.79 Å². The van der Waals surface area contributed by atoms with Crippen molar-refractivity contribution in [3.05, 3.63) is 5.82 Å². The number of hydrogen-bond donors (Lipinski definition) is 0. The molecule has 8 nitrogen and oxygen atoms in total.